The first-order valence-electron chi connectivity index (χ1n) is 12.4. The van der Waals surface area contributed by atoms with E-state index in [4.69, 9.17) is 0 Å². The minimum atomic E-state index is -0.655. The molecule has 2 N–H and O–H groups in total. The molecule has 4 rings (SSSR count). The summed E-state index contributed by atoms with van der Waals surface area (Å²) in [4.78, 5) is 55.9. The van der Waals surface area contributed by atoms with Crippen LogP contribution in [-0.2, 0) is 14.4 Å². The smallest absolute Gasteiger partial charge is 0.315 e. The number of urea groups is 1. The number of carbonyl (C=O) groups is 4. The van der Waals surface area contributed by atoms with Crippen LogP contribution in [-0.4, -0.2) is 64.3 Å². The summed E-state index contributed by atoms with van der Waals surface area (Å²) in [5, 5.41) is 5.93. The molecule has 8 nitrogen and oxygen atoms in total. The molecule has 178 valence electrons. The molecule has 5 amide bonds. The van der Waals surface area contributed by atoms with E-state index in [2.05, 4.69) is 10.6 Å². The van der Waals surface area contributed by atoms with Gasteiger partial charge >= 0.3 is 6.03 Å². The van der Waals surface area contributed by atoms with Crippen LogP contribution in [0.1, 0.15) is 79.1 Å². The van der Waals surface area contributed by atoms with Crippen LogP contribution in [0.4, 0.5) is 4.79 Å². The van der Waals surface area contributed by atoms with Gasteiger partial charge in [-0.2, -0.15) is 0 Å². The van der Waals surface area contributed by atoms with Gasteiger partial charge in [0.05, 0.1) is 17.5 Å². The predicted molar refractivity (Wildman–Crippen MR) is 119 cm³/mol. The SMILES string of the molecule is CC(C)C(=O)N1C(=O)C2(CCC2)[C@@H]2[C@@H]1CCN2C(=O)[C@@H](NC(=O)NC1CCCC1)C(C)C. The van der Waals surface area contributed by atoms with Gasteiger partial charge in [-0.05, 0) is 38.0 Å². The Morgan fingerprint density at radius 2 is 1.62 bits per heavy atom. The van der Waals surface area contributed by atoms with Gasteiger partial charge in [-0.15, -0.1) is 0 Å². The van der Waals surface area contributed by atoms with E-state index >= 15 is 0 Å². The van der Waals surface area contributed by atoms with E-state index in [9.17, 15) is 19.2 Å². The molecule has 3 atom stereocenters. The van der Waals surface area contributed by atoms with Gasteiger partial charge in [0.2, 0.25) is 17.7 Å². The fraction of sp³-hybridized carbons (Fsp3) is 0.833. The predicted octanol–water partition coefficient (Wildman–Crippen LogP) is 2.42. The van der Waals surface area contributed by atoms with Crippen molar-refractivity contribution in [3.8, 4) is 0 Å². The lowest BCUT2D eigenvalue weighted by Gasteiger charge is -2.44. The van der Waals surface area contributed by atoms with Crippen LogP contribution >= 0.6 is 0 Å². The molecule has 2 saturated carbocycles. The molecule has 1 spiro atoms. The lowest BCUT2D eigenvalue weighted by atomic mass is 9.64. The number of carbonyl (C=O) groups excluding carboxylic acids is 4. The fourth-order valence-electron chi connectivity index (χ4n) is 6.22. The maximum absolute atomic E-state index is 13.7. The molecule has 0 aromatic rings. The molecule has 0 aromatic heterocycles. The summed E-state index contributed by atoms with van der Waals surface area (Å²) in [6, 6.07) is -1.30. The molecule has 2 heterocycles. The average molecular weight is 447 g/mol. The highest BCUT2D eigenvalue weighted by molar-refractivity contribution is 6.03. The van der Waals surface area contributed by atoms with E-state index in [-0.39, 0.29) is 53.7 Å². The van der Waals surface area contributed by atoms with Crippen LogP contribution in [0.25, 0.3) is 0 Å². The third-order valence-corrected chi connectivity index (χ3v) is 8.08. The molecule has 2 aliphatic heterocycles. The first-order chi connectivity index (χ1) is 15.2. The van der Waals surface area contributed by atoms with Gasteiger partial charge in [0.15, 0.2) is 0 Å². The fourth-order valence-corrected chi connectivity index (χ4v) is 6.22. The zero-order valence-electron chi connectivity index (χ0n) is 19.9. The minimum Gasteiger partial charge on any atom is -0.335 e. The second-order valence-electron chi connectivity index (χ2n) is 10.8. The molecule has 4 aliphatic rings. The highest BCUT2D eigenvalue weighted by Crippen LogP contribution is 2.56. The van der Waals surface area contributed by atoms with Crippen molar-refractivity contribution >= 4 is 23.8 Å². The lowest BCUT2D eigenvalue weighted by molar-refractivity contribution is -0.153. The number of amides is 5. The van der Waals surface area contributed by atoms with Crippen molar-refractivity contribution in [2.45, 2.75) is 103 Å². The van der Waals surface area contributed by atoms with Crippen molar-refractivity contribution in [2.75, 3.05) is 6.54 Å². The topological polar surface area (TPSA) is 98.8 Å². The Bertz CT molecular complexity index is 785. The van der Waals surface area contributed by atoms with Crippen molar-refractivity contribution in [1.29, 1.82) is 0 Å². The second kappa shape index (κ2) is 8.67. The van der Waals surface area contributed by atoms with Gasteiger partial charge in [-0.25, -0.2) is 4.79 Å². The van der Waals surface area contributed by atoms with Crippen molar-refractivity contribution < 1.29 is 19.2 Å². The Morgan fingerprint density at radius 1 is 0.969 bits per heavy atom. The van der Waals surface area contributed by atoms with E-state index in [0.29, 0.717) is 13.0 Å². The third-order valence-electron chi connectivity index (χ3n) is 8.08. The standard InChI is InChI=1S/C24H38N4O4/c1-14(2)18(26-23(32)25-16-8-5-6-9-16)21(30)27-13-10-17-19(27)24(11-7-12-24)22(31)28(17)20(29)15(3)4/h14-19H,5-13H2,1-4H3,(H2,25,26,32)/t17-,18-,19-/m0/s1. The van der Waals surface area contributed by atoms with Gasteiger partial charge in [0.25, 0.3) is 0 Å². The van der Waals surface area contributed by atoms with Crippen molar-refractivity contribution in [2.24, 2.45) is 17.3 Å². The number of hydrogen-bond donors (Lipinski definition) is 2. The zero-order valence-corrected chi connectivity index (χ0v) is 19.9. The summed E-state index contributed by atoms with van der Waals surface area (Å²) >= 11 is 0. The van der Waals surface area contributed by atoms with Crippen LogP contribution in [0.5, 0.6) is 0 Å². The first kappa shape index (κ1) is 23.1. The van der Waals surface area contributed by atoms with Crippen LogP contribution in [0, 0.1) is 17.3 Å². The van der Waals surface area contributed by atoms with E-state index in [0.717, 1.165) is 44.9 Å². The van der Waals surface area contributed by atoms with Gasteiger partial charge in [0.1, 0.15) is 6.04 Å². The zero-order chi connectivity index (χ0) is 23.2. The molecule has 0 unspecified atom stereocenters. The first-order valence-corrected chi connectivity index (χ1v) is 12.4. The molecular formula is C24H38N4O4. The number of nitrogens with zero attached hydrogens (tertiary/aromatic N) is 2. The molecule has 0 bridgehead atoms. The summed E-state index contributed by atoms with van der Waals surface area (Å²) in [6.45, 7) is 8.00. The van der Waals surface area contributed by atoms with E-state index in [1.165, 1.54) is 4.90 Å². The minimum absolute atomic E-state index is 0.0845. The number of rotatable bonds is 5. The Morgan fingerprint density at radius 3 is 2.16 bits per heavy atom. The van der Waals surface area contributed by atoms with E-state index in [1.54, 1.807) is 0 Å². The van der Waals surface area contributed by atoms with E-state index < -0.39 is 11.5 Å². The Balaban J connectivity index is 1.53. The molecule has 2 aliphatic carbocycles. The van der Waals surface area contributed by atoms with Gasteiger partial charge in [-0.3, -0.25) is 19.3 Å². The summed E-state index contributed by atoms with van der Waals surface area (Å²) in [6.07, 6.45) is 7.20. The van der Waals surface area contributed by atoms with Crippen LogP contribution in [0.15, 0.2) is 0 Å². The highest BCUT2D eigenvalue weighted by Gasteiger charge is 2.67. The van der Waals surface area contributed by atoms with Gasteiger partial charge < -0.3 is 15.5 Å². The van der Waals surface area contributed by atoms with Crippen molar-refractivity contribution in [3.05, 3.63) is 0 Å². The van der Waals surface area contributed by atoms with Crippen LogP contribution < -0.4 is 10.6 Å². The normalized spacial score (nSPS) is 27.8. The number of nitrogens with one attached hydrogen (secondary N) is 2. The van der Waals surface area contributed by atoms with Gasteiger partial charge in [0, 0.05) is 18.5 Å². The maximum Gasteiger partial charge on any atom is 0.315 e. The quantitative estimate of drug-likeness (QED) is 0.678. The molecule has 8 heteroatoms. The molecule has 0 aromatic carbocycles. The summed E-state index contributed by atoms with van der Waals surface area (Å²) < 4.78 is 0. The van der Waals surface area contributed by atoms with Crippen molar-refractivity contribution in [3.63, 3.8) is 0 Å². The highest BCUT2D eigenvalue weighted by atomic mass is 16.2. The average Bonchev–Trinajstić information content (AvgIpc) is 3.40. The largest absolute Gasteiger partial charge is 0.335 e. The Kier molecular flexibility index (Phi) is 6.25. The monoisotopic (exact) mass is 446 g/mol. The summed E-state index contributed by atoms with van der Waals surface area (Å²) in [5.74, 6) is -0.713. The number of imide groups is 1. The Labute approximate surface area is 190 Å². The number of fused-ring (bicyclic) bond motifs is 2. The second-order valence-corrected chi connectivity index (χ2v) is 10.8. The molecule has 32 heavy (non-hydrogen) atoms. The molecular weight excluding hydrogens is 408 g/mol. The lowest BCUT2D eigenvalue weighted by Crippen LogP contribution is -2.59. The van der Waals surface area contributed by atoms with Crippen LogP contribution in [0.3, 0.4) is 0 Å². The maximum atomic E-state index is 13.7. The molecule has 4 fully saturated rings. The van der Waals surface area contributed by atoms with E-state index in [1.807, 2.05) is 32.6 Å². The number of hydrogen-bond acceptors (Lipinski definition) is 4. The molecule has 2 saturated heterocycles. The summed E-state index contributed by atoms with van der Waals surface area (Å²) in [7, 11) is 0. The molecule has 0 radical (unpaired) electrons. The Hall–Kier alpha value is -2.12. The number of likely N-dealkylation sites (tertiary alicyclic amines) is 2. The van der Waals surface area contributed by atoms with Crippen LogP contribution in [0.2, 0.25) is 0 Å². The third kappa shape index (κ3) is 3.69. The summed E-state index contributed by atoms with van der Waals surface area (Å²) in [5.41, 5.74) is -0.630. The van der Waals surface area contributed by atoms with Crippen molar-refractivity contribution in [1.82, 2.24) is 20.4 Å². The van der Waals surface area contributed by atoms with Gasteiger partial charge in [-0.1, -0.05) is 47.0 Å².